The Morgan fingerprint density at radius 3 is 2.67 bits per heavy atom. The normalized spacial score (nSPS) is 11.0. The summed E-state index contributed by atoms with van der Waals surface area (Å²) in [7, 11) is 1.52. The van der Waals surface area contributed by atoms with Crippen LogP contribution in [-0.2, 0) is 4.79 Å². The zero-order valence-corrected chi connectivity index (χ0v) is 13.2. The zero-order valence-electron chi connectivity index (χ0n) is 12.5. The maximum atomic E-state index is 11.8. The SMILES string of the molecule is COc1cc(Cl)c(C)cc1N/C=C(/C#N)C(=O)NC(C)C. The molecule has 0 unspecified atom stereocenters. The number of hydrogen-bond acceptors (Lipinski definition) is 4. The summed E-state index contributed by atoms with van der Waals surface area (Å²) in [6.07, 6.45) is 1.35. The van der Waals surface area contributed by atoms with E-state index in [1.54, 1.807) is 12.1 Å². The smallest absolute Gasteiger partial charge is 0.263 e. The monoisotopic (exact) mass is 307 g/mol. The van der Waals surface area contributed by atoms with Gasteiger partial charge in [-0.25, -0.2) is 0 Å². The first-order chi connectivity index (χ1) is 9.88. The molecule has 1 rings (SSSR count). The van der Waals surface area contributed by atoms with Crippen molar-refractivity contribution in [1.82, 2.24) is 5.32 Å². The summed E-state index contributed by atoms with van der Waals surface area (Å²) in [5.41, 5.74) is 1.47. The molecule has 0 atom stereocenters. The molecule has 1 amide bonds. The third kappa shape index (κ3) is 4.69. The van der Waals surface area contributed by atoms with Gasteiger partial charge in [-0.3, -0.25) is 4.79 Å². The second-order valence-electron chi connectivity index (χ2n) is 4.74. The number of benzene rings is 1. The molecule has 0 fully saturated rings. The number of carbonyl (C=O) groups is 1. The number of nitrogens with one attached hydrogen (secondary N) is 2. The average molecular weight is 308 g/mol. The van der Waals surface area contributed by atoms with Crippen molar-refractivity contribution in [1.29, 1.82) is 5.26 Å². The van der Waals surface area contributed by atoms with Crippen LogP contribution in [0.3, 0.4) is 0 Å². The summed E-state index contributed by atoms with van der Waals surface area (Å²) in [5, 5.41) is 15.2. The highest BCUT2D eigenvalue weighted by Crippen LogP contribution is 2.31. The predicted molar refractivity (Wildman–Crippen MR) is 83.3 cm³/mol. The largest absolute Gasteiger partial charge is 0.495 e. The maximum absolute atomic E-state index is 11.8. The van der Waals surface area contributed by atoms with Gasteiger partial charge >= 0.3 is 0 Å². The quantitative estimate of drug-likeness (QED) is 0.648. The molecule has 6 heteroatoms. The highest BCUT2D eigenvalue weighted by atomic mass is 35.5. The van der Waals surface area contributed by atoms with Crippen LogP contribution in [0.25, 0.3) is 0 Å². The molecule has 0 radical (unpaired) electrons. The first-order valence-electron chi connectivity index (χ1n) is 6.40. The summed E-state index contributed by atoms with van der Waals surface area (Å²) in [6.45, 7) is 5.51. The molecule has 0 aliphatic carbocycles. The molecule has 0 saturated heterocycles. The van der Waals surface area contributed by atoms with Crippen LogP contribution in [0.15, 0.2) is 23.9 Å². The van der Waals surface area contributed by atoms with E-state index in [4.69, 9.17) is 21.6 Å². The summed E-state index contributed by atoms with van der Waals surface area (Å²) in [5.74, 6) is 0.105. The number of nitrogens with zero attached hydrogens (tertiary/aromatic N) is 1. The highest BCUT2D eigenvalue weighted by molar-refractivity contribution is 6.31. The van der Waals surface area contributed by atoms with Crippen LogP contribution in [0, 0.1) is 18.3 Å². The Hall–Kier alpha value is -2.19. The number of hydrogen-bond donors (Lipinski definition) is 2. The third-order valence-electron chi connectivity index (χ3n) is 2.64. The molecule has 1 aromatic rings. The molecule has 1 aromatic carbocycles. The molecule has 0 aromatic heterocycles. The predicted octanol–water partition coefficient (Wildman–Crippen LogP) is 3.00. The molecular weight excluding hydrogens is 290 g/mol. The maximum Gasteiger partial charge on any atom is 0.263 e. The molecule has 0 spiro atoms. The lowest BCUT2D eigenvalue weighted by molar-refractivity contribution is -0.117. The fraction of sp³-hybridized carbons (Fsp3) is 0.333. The number of ether oxygens (including phenoxy) is 1. The fourth-order valence-corrected chi connectivity index (χ4v) is 1.74. The number of halogens is 1. The Kier molecular flexibility index (Phi) is 6.07. The van der Waals surface area contributed by atoms with Crippen molar-refractivity contribution in [2.75, 3.05) is 12.4 Å². The molecule has 112 valence electrons. The van der Waals surface area contributed by atoms with E-state index in [-0.39, 0.29) is 11.6 Å². The van der Waals surface area contributed by atoms with Gasteiger partial charge in [-0.1, -0.05) is 11.6 Å². The van der Waals surface area contributed by atoms with E-state index in [2.05, 4.69) is 10.6 Å². The molecule has 0 saturated carbocycles. The van der Waals surface area contributed by atoms with Crippen molar-refractivity contribution in [2.45, 2.75) is 26.8 Å². The Balaban J connectivity index is 3.00. The van der Waals surface area contributed by atoms with Crippen molar-refractivity contribution in [3.63, 3.8) is 0 Å². The fourth-order valence-electron chi connectivity index (χ4n) is 1.58. The van der Waals surface area contributed by atoms with Crippen LogP contribution in [0.4, 0.5) is 5.69 Å². The number of aryl methyl sites for hydroxylation is 1. The van der Waals surface area contributed by atoms with Gasteiger partial charge in [0.2, 0.25) is 0 Å². The van der Waals surface area contributed by atoms with E-state index in [0.717, 1.165) is 5.56 Å². The van der Waals surface area contributed by atoms with E-state index in [1.165, 1.54) is 13.3 Å². The number of rotatable bonds is 5. The Labute approximate surface area is 129 Å². The van der Waals surface area contributed by atoms with E-state index in [1.807, 2.05) is 26.8 Å². The second kappa shape index (κ2) is 7.55. The van der Waals surface area contributed by atoms with Gasteiger partial charge in [0, 0.05) is 23.3 Å². The van der Waals surface area contributed by atoms with Crippen LogP contribution >= 0.6 is 11.6 Å². The lowest BCUT2D eigenvalue weighted by Gasteiger charge is -2.11. The molecule has 0 aliphatic heterocycles. The Bertz CT molecular complexity index is 604. The standard InChI is InChI=1S/C15H18ClN3O2/c1-9(2)19-15(20)11(7-17)8-18-13-5-10(3)12(16)6-14(13)21-4/h5-6,8-9,18H,1-4H3,(H,19,20)/b11-8-. The number of carbonyl (C=O) groups excluding carboxylic acids is 1. The minimum absolute atomic E-state index is 0.0154. The number of anilines is 1. The summed E-state index contributed by atoms with van der Waals surface area (Å²) < 4.78 is 5.21. The van der Waals surface area contributed by atoms with E-state index >= 15 is 0 Å². The average Bonchev–Trinajstić information content (AvgIpc) is 2.42. The van der Waals surface area contributed by atoms with Crippen molar-refractivity contribution < 1.29 is 9.53 Å². The molecule has 5 nitrogen and oxygen atoms in total. The highest BCUT2D eigenvalue weighted by Gasteiger charge is 2.11. The van der Waals surface area contributed by atoms with Gasteiger partial charge in [0.05, 0.1) is 12.8 Å². The van der Waals surface area contributed by atoms with E-state index < -0.39 is 5.91 Å². The van der Waals surface area contributed by atoms with Crippen molar-refractivity contribution in [3.05, 3.63) is 34.5 Å². The molecule has 0 heterocycles. The number of methoxy groups -OCH3 is 1. The van der Waals surface area contributed by atoms with Crippen molar-refractivity contribution in [2.24, 2.45) is 0 Å². The Morgan fingerprint density at radius 2 is 2.14 bits per heavy atom. The summed E-state index contributed by atoms with van der Waals surface area (Å²) in [6, 6.07) is 5.28. The van der Waals surface area contributed by atoms with Gasteiger partial charge in [0.25, 0.3) is 5.91 Å². The summed E-state index contributed by atoms with van der Waals surface area (Å²) in [4.78, 5) is 11.8. The topological polar surface area (TPSA) is 74.1 Å². The van der Waals surface area contributed by atoms with Gasteiger partial charge in [-0.05, 0) is 32.4 Å². The number of nitriles is 1. The molecular formula is C15H18ClN3O2. The van der Waals surface area contributed by atoms with Crippen LogP contribution in [0.2, 0.25) is 5.02 Å². The van der Waals surface area contributed by atoms with Crippen molar-refractivity contribution >= 4 is 23.2 Å². The van der Waals surface area contributed by atoms with E-state index in [9.17, 15) is 4.79 Å². The van der Waals surface area contributed by atoms with Crippen LogP contribution in [-0.4, -0.2) is 19.1 Å². The summed E-state index contributed by atoms with van der Waals surface area (Å²) >= 11 is 6.02. The zero-order chi connectivity index (χ0) is 16.0. The van der Waals surface area contributed by atoms with Crippen LogP contribution in [0.1, 0.15) is 19.4 Å². The van der Waals surface area contributed by atoms with Gasteiger partial charge in [0.1, 0.15) is 17.4 Å². The molecule has 0 aliphatic rings. The third-order valence-corrected chi connectivity index (χ3v) is 3.04. The van der Waals surface area contributed by atoms with Gasteiger partial charge < -0.3 is 15.4 Å². The number of amides is 1. The molecule has 0 bridgehead atoms. The van der Waals surface area contributed by atoms with Gasteiger partial charge in [0.15, 0.2) is 0 Å². The first kappa shape index (κ1) is 16.9. The van der Waals surface area contributed by atoms with Crippen molar-refractivity contribution in [3.8, 4) is 11.8 Å². The first-order valence-corrected chi connectivity index (χ1v) is 6.78. The van der Waals surface area contributed by atoms with Crippen LogP contribution < -0.4 is 15.4 Å². The van der Waals surface area contributed by atoms with E-state index in [0.29, 0.717) is 16.5 Å². The Morgan fingerprint density at radius 1 is 1.48 bits per heavy atom. The molecule has 2 N–H and O–H groups in total. The minimum Gasteiger partial charge on any atom is -0.495 e. The van der Waals surface area contributed by atoms with Gasteiger partial charge in [-0.2, -0.15) is 5.26 Å². The second-order valence-corrected chi connectivity index (χ2v) is 5.15. The minimum atomic E-state index is -0.426. The molecule has 21 heavy (non-hydrogen) atoms. The van der Waals surface area contributed by atoms with Gasteiger partial charge in [-0.15, -0.1) is 0 Å². The lowest BCUT2D eigenvalue weighted by Crippen LogP contribution is -2.31. The van der Waals surface area contributed by atoms with Crippen LogP contribution in [0.5, 0.6) is 5.75 Å². The lowest BCUT2D eigenvalue weighted by atomic mass is 10.2.